The highest BCUT2D eigenvalue weighted by molar-refractivity contribution is 6.10. The molecule has 0 aliphatic rings. The van der Waals surface area contributed by atoms with E-state index in [-0.39, 0.29) is 12.2 Å². The average molecular weight is 378 g/mol. The number of carbonyl (C=O) groups excluding carboxylic acids is 2. The number of carbonyl (C=O) groups is 2. The molecule has 144 valence electrons. The first-order chi connectivity index (χ1) is 13.6. The zero-order chi connectivity index (χ0) is 20.4. The van der Waals surface area contributed by atoms with Gasteiger partial charge in [-0.2, -0.15) is 5.26 Å². The van der Waals surface area contributed by atoms with Crippen LogP contribution in [0.3, 0.4) is 0 Å². The van der Waals surface area contributed by atoms with Crippen LogP contribution in [0.25, 0.3) is 6.08 Å². The van der Waals surface area contributed by atoms with Crippen LogP contribution in [0.1, 0.15) is 36.2 Å². The van der Waals surface area contributed by atoms with Crippen LogP contribution in [0.15, 0.2) is 54.1 Å². The molecule has 2 rings (SSSR count). The maximum atomic E-state index is 12.4. The molecule has 0 aliphatic carbocycles. The van der Waals surface area contributed by atoms with Crippen molar-refractivity contribution in [2.24, 2.45) is 0 Å². The quantitative estimate of drug-likeness (QED) is 0.422. The summed E-state index contributed by atoms with van der Waals surface area (Å²) in [6.45, 7) is 4.64. The molecule has 2 aromatic rings. The largest absolute Gasteiger partial charge is 0.494 e. The molecule has 0 saturated heterocycles. The molecule has 0 aliphatic heterocycles. The zero-order valence-corrected chi connectivity index (χ0v) is 15.9. The summed E-state index contributed by atoms with van der Waals surface area (Å²) in [6.07, 6.45) is 2.41. The van der Waals surface area contributed by atoms with Gasteiger partial charge in [-0.05, 0) is 55.3 Å². The van der Waals surface area contributed by atoms with E-state index in [0.717, 1.165) is 12.2 Å². The smallest absolute Gasteiger partial charge is 0.338 e. The summed E-state index contributed by atoms with van der Waals surface area (Å²) in [5.41, 5.74) is 1.38. The van der Waals surface area contributed by atoms with E-state index in [1.54, 1.807) is 49.4 Å². The third-order valence-electron chi connectivity index (χ3n) is 3.66. The Labute approximate surface area is 164 Å². The van der Waals surface area contributed by atoms with Gasteiger partial charge in [-0.25, -0.2) is 4.79 Å². The van der Waals surface area contributed by atoms with E-state index in [0.29, 0.717) is 23.4 Å². The number of nitriles is 1. The van der Waals surface area contributed by atoms with Gasteiger partial charge in [0.1, 0.15) is 17.4 Å². The number of amides is 1. The molecule has 0 spiro atoms. The van der Waals surface area contributed by atoms with E-state index in [2.05, 4.69) is 5.32 Å². The monoisotopic (exact) mass is 378 g/mol. The highest BCUT2D eigenvalue weighted by atomic mass is 16.5. The predicted molar refractivity (Wildman–Crippen MR) is 107 cm³/mol. The van der Waals surface area contributed by atoms with Crippen LogP contribution in [-0.2, 0) is 9.53 Å². The fourth-order valence-corrected chi connectivity index (χ4v) is 2.33. The Bertz CT molecular complexity index is 895. The lowest BCUT2D eigenvalue weighted by Gasteiger charge is -2.07. The number of rotatable bonds is 8. The fourth-order valence-electron chi connectivity index (χ4n) is 2.33. The van der Waals surface area contributed by atoms with Gasteiger partial charge in [-0.3, -0.25) is 4.79 Å². The van der Waals surface area contributed by atoms with E-state index >= 15 is 0 Å². The Balaban J connectivity index is 2.11. The van der Waals surface area contributed by atoms with Gasteiger partial charge in [0.2, 0.25) is 0 Å². The van der Waals surface area contributed by atoms with Crippen molar-refractivity contribution in [3.63, 3.8) is 0 Å². The predicted octanol–water partition coefficient (Wildman–Crippen LogP) is 4.20. The Kier molecular flexibility index (Phi) is 7.79. The zero-order valence-electron chi connectivity index (χ0n) is 15.9. The number of nitrogens with zero attached hydrogens (tertiary/aromatic N) is 1. The first-order valence-corrected chi connectivity index (χ1v) is 9.00. The minimum Gasteiger partial charge on any atom is -0.494 e. The molecular formula is C22H22N2O4. The number of esters is 1. The van der Waals surface area contributed by atoms with Crippen LogP contribution in [0.2, 0.25) is 0 Å². The number of ether oxygens (including phenoxy) is 2. The number of anilines is 1. The molecule has 1 N–H and O–H groups in total. The Morgan fingerprint density at radius 2 is 1.89 bits per heavy atom. The van der Waals surface area contributed by atoms with Gasteiger partial charge in [0, 0.05) is 5.69 Å². The topological polar surface area (TPSA) is 88.4 Å². The lowest BCUT2D eigenvalue weighted by molar-refractivity contribution is -0.112. The van der Waals surface area contributed by atoms with Gasteiger partial charge >= 0.3 is 5.97 Å². The van der Waals surface area contributed by atoms with Crippen molar-refractivity contribution in [3.05, 3.63) is 65.2 Å². The molecule has 0 aromatic heterocycles. The van der Waals surface area contributed by atoms with Crippen LogP contribution in [0.4, 0.5) is 5.69 Å². The molecule has 0 atom stereocenters. The summed E-state index contributed by atoms with van der Waals surface area (Å²) in [7, 11) is 0. The molecule has 0 heterocycles. The van der Waals surface area contributed by atoms with Crippen molar-refractivity contribution < 1.29 is 19.1 Å². The second-order valence-corrected chi connectivity index (χ2v) is 5.84. The van der Waals surface area contributed by atoms with Crippen LogP contribution in [-0.4, -0.2) is 25.1 Å². The van der Waals surface area contributed by atoms with Crippen LogP contribution in [0.5, 0.6) is 5.75 Å². The number of hydrogen-bond acceptors (Lipinski definition) is 5. The van der Waals surface area contributed by atoms with E-state index in [1.807, 2.05) is 13.0 Å². The van der Waals surface area contributed by atoms with Crippen molar-refractivity contribution in [1.82, 2.24) is 0 Å². The standard InChI is InChI=1S/C22H22N2O4/c1-3-12-28-20-10-8-16(9-11-20)13-18(15-23)21(25)24-19-7-5-6-17(14-19)22(26)27-4-2/h5-11,13-14H,3-4,12H2,1-2H3,(H,24,25)/b18-13+. The van der Waals surface area contributed by atoms with Gasteiger partial charge in [-0.15, -0.1) is 0 Å². The van der Waals surface area contributed by atoms with E-state index in [1.165, 1.54) is 12.1 Å². The molecule has 6 heteroatoms. The van der Waals surface area contributed by atoms with Gasteiger partial charge < -0.3 is 14.8 Å². The molecular weight excluding hydrogens is 356 g/mol. The molecule has 6 nitrogen and oxygen atoms in total. The summed E-state index contributed by atoms with van der Waals surface area (Å²) in [5, 5.41) is 12.0. The number of hydrogen-bond donors (Lipinski definition) is 1. The van der Waals surface area contributed by atoms with E-state index in [4.69, 9.17) is 9.47 Å². The normalized spacial score (nSPS) is 10.7. The highest BCUT2D eigenvalue weighted by Crippen LogP contribution is 2.17. The van der Waals surface area contributed by atoms with Crippen molar-refractivity contribution in [2.75, 3.05) is 18.5 Å². The van der Waals surface area contributed by atoms with Crippen molar-refractivity contribution in [1.29, 1.82) is 5.26 Å². The third-order valence-corrected chi connectivity index (χ3v) is 3.66. The summed E-state index contributed by atoms with van der Waals surface area (Å²) in [5.74, 6) is -0.299. The Morgan fingerprint density at radius 3 is 2.54 bits per heavy atom. The lowest BCUT2D eigenvalue weighted by Crippen LogP contribution is -2.14. The molecule has 0 unspecified atom stereocenters. The van der Waals surface area contributed by atoms with Crippen molar-refractivity contribution in [3.8, 4) is 11.8 Å². The van der Waals surface area contributed by atoms with Crippen LogP contribution < -0.4 is 10.1 Å². The minimum atomic E-state index is -0.560. The Hall–Kier alpha value is -3.59. The van der Waals surface area contributed by atoms with Gasteiger partial charge in [0.25, 0.3) is 5.91 Å². The average Bonchev–Trinajstić information content (AvgIpc) is 2.71. The van der Waals surface area contributed by atoms with Crippen molar-refractivity contribution in [2.45, 2.75) is 20.3 Å². The van der Waals surface area contributed by atoms with Crippen LogP contribution >= 0.6 is 0 Å². The molecule has 0 bridgehead atoms. The Morgan fingerprint density at radius 1 is 1.14 bits per heavy atom. The molecule has 0 radical (unpaired) electrons. The third kappa shape index (κ3) is 5.99. The first-order valence-electron chi connectivity index (χ1n) is 9.00. The summed E-state index contributed by atoms with van der Waals surface area (Å²) in [4.78, 5) is 24.2. The highest BCUT2D eigenvalue weighted by Gasteiger charge is 2.12. The van der Waals surface area contributed by atoms with E-state index < -0.39 is 11.9 Å². The molecule has 0 saturated carbocycles. The summed E-state index contributed by atoms with van der Waals surface area (Å²) >= 11 is 0. The van der Waals surface area contributed by atoms with Crippen LogP contribution in [0, 0.1) is 11.3 Å². The lowest BCUT2D eigenvalue weighted by atomic mass is 10.1. The van der Waals surface area contributed by atoms with Gasteiger partial charge in [0.15, 0.2) is 0 Å². The fraction of sp³-hybridized carbons (Fsp3) is 0.227. The molecule has 2 aromatic carbocycles. The van der Waals surface area contributed by atoms with Gasteiger partial charge in [0.05, 0.1) is 18.8 Å². The SMILES string of the molecule is CCCOc1ccc(/C=C(\C#N)C(=O)Nc2cccc(C(=O)OCC)c2)cc1. The summed E-state index contributed by atoms with van der Waals surface area (Å²) < 4.78 is 10.5. The van der Waals surface area contributed by atoms with Crippen molar-refractivity contribution >= 4 is 23.6 Å². The number of benzene rings is 2. The maximum Gasteiger partial charge on any atom is 0.338 e. The second-order valence-electron chi connectivity index (χ2n) is 5.84. The maximum absolute atomic E-state index is 12.4. The molecule has 1 amide bonds. The van der Waals surface area contributed by atoms with E-state index in [9.17, 15) is 14.9 Å². The number of nitrogens with one attached hydrogen (secondary N) is 1. The molecule has 0 fully saturated rings. The first kappa shape index (κ1) is 20.7. The molecule has 28 heavy (non-hydrogen) atoms. The van der Waals surface area contributed by atoms with Gasteiger partial charge in [-0.1, -0.05) is 25.1 Å². The summed E-state index contributed by atoms with van der Waals surface area (Å²) in [6, 6.07) is 15.4. The minimum absolute atomic E-state index is 0.0521. The second kappa shape index (κ2) is 10.5.